The molecule has 0 spiro atoms. The molecule has 1 saturated heterocycles. The second-order valence-electron chi connectivity index (χ2n) is 7.47. The third kappa shape index (κ3) is 4.12. The van der Waals surface area contributed by atoms with E-state index < -0.39 is 11.7 Å². The summed E-state index contributed by atoms with van der Waals surface area (Å²) >= 11 is 5.72. The van der Waals surface area contributed by atoms with Gasteiger partial charge in [0.15, 0.2) is 5.65 Å². The van der Waals surface area contributed by atoms with Crippen molar-refractivity contribution in [1.82, 2.24) is 30.1 Å². The zero-order valence-corrected chi connectivity index (χ0v) is 18.1. The first-order valence-corrected chi connectivity index (χ1v) is 10.1. The number of aromatic amines is 2. The fourth-order valence-electron chi connectivity index (χ4n) is 3.97. The Hall–Kier alpha value is -2.85. The van der Waals surface area contributed by atoms with Crippen molar-refractivity contribution in [2.45, 2.75) is 24.9 Å². The molecule has 0 amide bonds. The van der Waals surface area contributed by atoms with Gasteiger partial charge in [-0.1, -0.05) is 17.7 Å². The average Bonchev–Trinajstić information content (AvgIpc) is 3.43. The SMILES string of the molecule is Cl.FC(F)(F)c1cc(-c2cnc(C3CCN(c4ncnc5[nH]ncc45)CC3)[nH]2)ccc1Cl. The summed E-state index contributed by atoms with van der Waals surface area (Å²) in [6.45, 7) is 1.55. The van der Waals surface area contributed by atoms with Crippen LogP contribution < -0.4 is 4.90 Å². The lowest BCUT2D eigenvalue weighted by molar-refractivity contribution is -0.137. The van der Waals surface area contributed by atoms with Crippen molar-refractivity contribution in [3.8, 4) is 11.3 Å². The standard InChI is InChI=1S/C20H17ClF3N7.ClH/c21-15-2-1-12(7-14(15)20(22,23)24)16-9-25-17(29-16)11-3-5-31(6-4-11)19-13-8-28-30-18(13)26-10-27-19;/h1-2,7-11H,3-6H2,(H,25,29)(H,26,27,28,30);1H. The molecule has 0 bridgehead atoms. The van der Waals surface area contributed by atoms with Gasteiger partial charge in [-0.2, -0.15) is 18.3 Å². The Bertz CT molecular complexity index is 1230. The minimum Gasteiger partial charge on any atom is -0.356 e. The topological polar surface area (TPSA) is 86.4 Å². The Labute approximate surface area is 191 Å². The summed E-state index contributed by atoms with van der Waals surface area (Å²) in [6, 6.07) is 3.87. The number of anilines is 1. The number of rotatable bonds is 3. The molecular weight excluding hydrogens is 466 g/mol. The van der Waals surface area contributed by atoms with E-state index in [2.05, 4.69) is 35.0 Å². The number of halogens is 5. The fraction of sp³-hybridized carbons (Fsp3) is 0.300. The number of hydrogen-bond acceptors (Lipinski definition) is 5. The number of piperidine rings is 1. The molecule has 3 aromatic heterocycles. The molecule has 2 N–H and O–H groups in total. The van der Waals surface area contributed by atoms with Crippen LogP contribution in [-0.2, 0) is 6.18 Å². The number of alkyl halides is 3. The van der Waals surface area contributed by atoms with Gasteiger partial charge in [0, 0.05) is 24.6 Å². The predicted octanol–water partition coefficient (Wildman–Crippen LogP) is 5.22. The van der Waals surface area contributed by atoms with Gasteiger partial charge >= 0.3 is 6.18 Å². The van der Waals surface area contributed by atoms with E-state index in [0.717, 1.165) is 49.0 Å². The smallest absolute Gasteiger partial charge is 0.356 e. The maximum absolute atomic E-state index is 13.2. The third-order valence-corrected chi connectivity index (χ3v) is 5.92. The van der Waals surface area contributed by atoms with Crippen LogP contribution in [0.2, 0.25) is 5.02 Å². The molecule has 1 aliphatic heterocycles. The van der Waals surface area contributed by atoms with Gasteiger partial charge in [-0.15, -0.1) is 12.4 Å². The van der Waals surface area contributed by atoms with Crippen LogP contribution in [0.1, 0.15) is 30.1 Å². The average molecular weight is 484 g/mol. The maximum atomic E-state index is 13.2. The summed E-state index contributed by atoms with van der Waals surface area (Å²) in [5.41, 5.74) is 0.780. The molecule has 0 saturated carbocycles. The molecule has 7 nitrogen and oxygen atoms in total. The van der Waals surface area contributed by atoms with Crippen LogP contribution in [0.3, 0.4) is 0 Å². The van der Waals surface area contributed by atoms with E-state index in [-0.39, 0.29) is 23.3 Å². The Morgan fingerprint density at radius 3 is 2.59 bits per heavy atom. The Balaban J connectivity index is 0.00000245. The van der Waals surface area contributed by atoms with Crippen molar-refractivity contribution in [3.05, 3.63) is 53.3 Å². The number of imidazole rings is 1. The molecular formula is C20H18Cl2F3N7. The number of hydrogen-bond donors (Lipinski definition) is 2. The quantitative estimate of drug-likeness (QED) is 0.417. The van der Waals surface area contributed by atoms with Crippen LogP contribution in [0, 0.1) is 0 Å². The van der Waals surface area contributed by atoms with Crippen LogP contribution in [-0.4, -0.2) is 43.2 Å². The monoisotopic (exact) mass is 483 g/mol. The summed E-state index contributed by atoms with van der Waals surface area (Å²) in [4.78, 5) is 18.4. The lowest BCUT2D eigenvalue weighted by atomic mass is 9.96. The molecule has 1 aromatic carbocycles. The van der Waals surface area contributed by atoms with Crippen molar-refractivity contribution in [1.29, 1.82) is 0 Å². The normalized spacial score (nSPS) is 15.2. The molecule has 32 heavy (non-hydrogen) atoms. The summed E-state index contributed by atoms with van der Waals surface area (Å²) in [5, 5.41) is 7.44. The van der Waals surface area contributed by atoms with Gasteiger partial charge in [0.05, 0.1) is 34.1 Å². The summed E-state index contributed by atoms with van der Waals surface area (Å²) in [6.07, 6.45) is 1.98. The minimum absolute atomic E-state index is 0. The van der Waals surface area contributed by atoms with Gasteiger partial charge in [-0.25, -0.2) is 15.0 Å². The molecule has 0 aliphatic carbocycles. The number of nitrogens with zero attached hydrogens (tertiary/aromatic N) is 5. The van der Waals surface area contributed by atoms with Crippen LogP contribution >= 0.6 is 24.0 Å². The van der Waals surface area contributed by atoms with Crippen LogP contribution in [0.25, 0.3) is 22.3 Å². The maximum Gasteiger partial charge on any atom is 0.417 e. The highest BCUT2D eigenvalue weighted by atomic mass is 35.5. The summed E-state index contributed by atoms with van der Waals surface area (Å²) in [5.74, 6) is 1.80. The minimum atomic E-state index is -4.51. The first-order chi connectivity index (χ1) is 14.9. The van der Waals surface area contributed by atoms with Gasteiger partial charge < -0.3 is 9.88 Å². The first kappa shape index (κ1) is 22.3. The Morgan fingerprint density at radius 2 is 1.84 bits per heavy atom. The second-order valence-corrected chi connectivity index (χ2v) is 7.87. The molecule has 1 aliphatic rings. The van der Waals surface area contributed by atoms with E-state index in [4.69, 9.17) is 11.6 Å². The van der Waals surface area contributed by atoms with Gasteiger partial charge in [0.25, 0.3) is 0 Å². The predicted molar refractivity (Wildman–Crippen MR) is 117 cm³/mol. The lowest BCUT2D eigenvalue weighted by Crippen LogP contribution is -2.33. The first-order valence-electron chi connectivity index (χ1n) is 9.71. The highest BCUT2D eigenvalue weighted by Crippen LogP contribution is 2.37. The van der Waals surface area contributed by atoms with Crippen LogP contribution in [0.4, 0.5) is 19.0 Å². The number of aromatic nitrogens is 6. The molecule has 12 heteroatoms. The Kier molecular flexibility index (Phi) is 6.00. The second kappa shape index (κ2) is 8.59. The van der Waals surface area contributed by atoms with E-state index >= 15 is 0 Å². The van der Waals surface area contributed by atoms with Crippen molar-refractivity contribution in [2.75, 3.05) is 18.0 Å². The molecule has 0 radical (unpaired) electrons. The highest BCUT2D eigenvalue weighted by molar-refractivity contribution is 6.31. The van der Waals surface area contributed by atoms with Crippen molar-refractivity contribution in [3.63, 3.8) is 0 Å². The van der Waals surface area contributed by atoms with Gasteiger partial charge in [-0.05, 0) is 25.0 Å². The van der Waals surface area contributed by atoms with E-state index in [1.165, 1.54) is 12.4 Å². The lowest BCUT2D eigenvalue weighted by Gasteiger charge is -2.32. The number of benzene rings is 1. The van der Waals surface area contributed by atoms with Crippen molar-refractivity contribution in [2.24, 2.45) is 0 Å². The molecule has 5 rings (SSSR count). The van der Waals surface area contributed by atoms with Gasteiger partial charge in [0.1, 0.15) is 18.0 Å². The third-order valence-electron chi connectivity index (χ3n) is 5.59. The molecule has 0 atom stereocenters. The molecule has 168 valence electrons. The number of H-pyrrole nitrogens is 2. The van der Waals surface area contributed by atoms with E-state index in [1.54, 1.807) is 18.5 Å². The van der Waals surface area contributed by atoms with E-state index in [9.17, 15) is 13.2 Å². The van der Waals surface area contributed by atoms with E-state index in [1.807, 2.05) is 0 Å². The van der Waals surface area contributed by atoms with Gasteiger partial charge in [-0.3, -0.25) is 5.10 Å². The number of fused-ring (bicyclic) bond motifs is 1. The zero-order valence-electron chi connectivity index (χ0n) is 16.5. The van der Waals surface area contributed by atoms with Crippen LogP contribution in [0.15, 0.2) is 36.9 Å². The highest BCUT2D eigenvalue weighted by Gasteiger charge is 2.33. The van der Waals surface area contributed by atoms with Crippen LogP contribution in [0.5, 0.6) is 0 Å². The molecule has 4 aromatic rings. The number of nitrogens with one attached hydrogen (secondary N) is 2. The Morgan fingerprint density at radius 1 is 1.06 bits per heavy atom. The van der Waals surface area contributed by atoms with E-state index in [0.29, 0.717) is 16.9 Å². The zero-order chi connectivity index (χ0) is 21.6. The fourth-order valence-corrected chi connectivity index (χ4v) is 4.19. The molecule has 0 unspecified atom stereocenters. The molecule has 1 fully saturated rings. The van der Waals surface area contributed by atoms with Gasteiger partial charge in [0.2, 0.25) is 0 Å². The summed E-state index contributed by atoms with van der Waals surface area (Å²) < 4.78 is 39.5. The largest absolute Gasteiger partial charge is 0.417 e. The molecule has 4 heterocycles. The summed E-state index contributed by atoms with van der Waals surface area (Å²) in [7, 11) is 0. The van der Waals surface area contributed by atoms with Crippen molar-refractivity contribution >= 4 is 40.9 Å². The van der Waals surface area contributed by atoms with Crippen molar-refractivity contribution < 1.29 is 13.2 Å².